The van der Waals surface area contributed by atoms with Gasteiger partial charge in [0.05, 0.1) is 7.11 Å². The van der Waals surface area contributed by atoms with E-state index in [0.29, 0.717) is 5.69 Å². The van der Waals surface area contributed by atoms with E-state index in [1.165, 1.54) is 0 Å². The number of benzene rings is 1. The van der Waals surface area contributed by atoms with Crippen LogP contribution in [0.15, 0.2) is 36.4 Å². The van der Waals surface area contributed by atoms with Crippen molar-refractivity contribution in [2.75, 3.05) is 7.11 Å². The average Bonchev–Trinajstić information content (AvgIpc) is 2.38. The third kappa shape index (κ3) is 2.48. The lowest BCUT2D eigenvalue weighted by atomic mass is 10.0. The Morgan fingerprint density at radius 2 is 1.83 bits per heavy atom. The van der Waals surface area contributed by atoms with E-state index in [4.69, 9.17) is 9.84 Å². The van der Waals surface area contributed by atoms with Crippen molar-refractivity contribution in [3.63, 3.8) is 0 Å². The fraction of sp³-hybridized carbons (Fsp3) is 0.143. The molecule has 92 valence electrons. The molecule has 0 bridgehead atoms. The Balaban J connectivity index is 2.46. The summed E-state index contributed by atoms with van der Waals surface area (Å²) in [7, 11) is 1.61. The minimum Gasteiger partial charge on any atom is -0.497 e. The minimum atomic E-state index is -1.02. The van der Waals surface area contributed by atoms with Gasteiger partial charge in [0.2, 0.25) is 0 Å². The molecule has 1 heterocycles. The molecule has 0 atom stereocenters. The number of nitrogens with zero attached hydrogens (tertiary/aromatic N) is 1. The van der Waals surface area contributed by atoms with Crippen LogP contribution in [-0.2, 0) is 0 Å². The number of carboxylic acids is 1. The van der Waals surface area contributed by atoms with Crippen LogP contribution in [0.2, 0.25) is 0 Å². The van der Waals surface area contributed by atoms with E-state index in [9.17, 15) is 4.79 Å². The average molecular weight is 243 g/mol. The van der Waals surface area contributed by atoms with Crippen molar-refractivity contribution in [1.82, 2.24) is 4.98 Å². The molecule has 0 radical (unpaired) electrons. The van der Waals surface area contributed by atoms with Crippen LogP contribution in [0.1, 0.15) is 16.2 Å². The maximum atomic E-state index is 11.0. The number of hydrogen-bond donors (Lipinski definition) is 1. The van der Waals surface area contributed by atoms with Crippen LogP contribution in [0.4, 0.5) is 0 Å². The molecule has 1 N–H and O–H groups in total. The van der Waals surface area contributed by atoms with Gasteiger partial charge in [0, 0.05) is 5.69 Å². The minimum absolute atomic E-state index is 0.0563. The molecule has 0 unspecified atom stereocenters. The lowest BCUT2D eigenvalue weighted by Gasteiger charge is -2.06. The topological polar surface area (TPSA) is 59.4 Å². The lowest BCUT2D eigenvalue weighted by Crippen LogP contribution is -2.01. The number of methoxy groups -OCH3 is 1. The van der Waals surface area contributed by atoms with Gasteiger partial charge in [-0.25, -0.2) is 9.78 Å². The quantitative estimate of drug-likeness (QED) is 0.900. The Labute approximate surface area is 105 Å². The van der Waals surface area contributed by atoms with Crippen LogP contribution in [-0.4, -0.2) is 23.2 Å². The van der Waals surface area contributed by atoms with Crippen molar-refractivity contribution >= 4 is 5.97 Å². The molecule has 2 aromatic rings. The maximum absolute atomic E-state index is 11.0. The molecule has 0 saturated carbocycles. The zero-order chi connectivity index (χ0) is 13.1. The summed E-state index contributed by atoms with van der Waals surface area (Å²) < 4.78 is 5.08. The summed E-state index contributed by atoms with van der Waals surface area (Å²) in [6.45, 7) is 1.78. The van der Waals surface area contributed by atoms with Crippen LogP contribution >= 0.6 is 0 Å². The van der Waals surface area contributed by atoms with Crippen molar-refractivity contribution in [1.29, 1.82) is 0 Å². The van der Waals surface area contributed by atoms with Gasteiger partial charge in [-0.15, -0.1) is 0 Å². The van der Waals surface area contributed by atoms with Crippen LogP contribution in [0, 0.1) is 6.92 Å². The maximum Gasteiger partial charge on any atom is 0.354 e. The molecule has 0 aliphatic rings. The molecule has 0 amide bonds. The normalized spacial score (nSPS) is 10.1. The number of carboxylic acid groups (broad SMARTS) is 1. The van der Waals surface area contributed by atoms with Crippen molar-refractivity contribution < 1.29 is 14.6 Å². The molecule has 4 nitrogen and oxygen atoms in total. The molecular weight excluding hydrogens is 230 g/mol. The molecular formula is C14H13NO3. The van der Waals surface area contributed by atoms with Gasteiger partial charge in [-0.3, -0.25) is 0 Å². The third-order valence-electron chi connectivity index (χ3n) is 2.60. The highest BCUT2D eigenvalue weighted by Crippen LogP contribution is 2.23. The van der Waals surface area contributed by atoms with Crippen LogP contribution in [0.5, 0.6) is 5.75 Å². The standard InChI is InChI=1S/C14H13NO3/c1-9-7-11(8-13(15-9)14(16)17)10-3-5-12(18-2)6-4-10/h3-8H,1-2H3,(H,16,17). The summed E-state index contributed by atoms with van der Waals surface area (Å²) in [6.07, 6.45) is 0. The van der Waals surface area contributed by atoms with E-state index in [1.807, 2.05) is 30.3 Å². The number of aryl methyl sites for hydroxylation is 1. The second-order valence-electron chi connectivity index (χ2n) is 3.92. The zero-order valence-electron chi connectivity index (χ0n) is 10.2. The van der Waals surface area contributed by atoms with E-state index in [2.05, 4.69) is 4.98 Å². The van der Waals surface area contributed by atoms with E-state index in [-0.39, 0.29) is 5.69 Å². The Morgan fingerprint density at radius 1 is 1.17 bits per heavy atom. The summed E-state index contributed by atoms with van der Waals surface area (Å²) in [4.78, 5) is 14.9. The summed E-state index contributed by atoms with van der Waals surface area (Å²) in [5, 5.41) is 8.98. The fourth-order valence-electron chi connectivity index (χ4n) is 1.73. The van der Waals surface area contributed by atoms with Gasteiger partial charge >= 0.3 is 5.97 Å². The largest absolute Gasteiger partial charge is 0.497 e. The van der Waals surface area contributed by atoms with Gasteiger partial charge in [-0.05, 0) is 42.3 Å². The number of pyridine rings is 1. The second kappa shape index (κ2) is 4.87. The fourth-order valence-corrected chi connectivity index (χ4v) is 1.73. The monoisotopic (exact) mass is 243 g/mol. The molecule has 0 fully saturated rings. The van der Waals surface area contributed by atoms with Crippen LogP contribution in [0.3, 0.4) is 0 Å². The summed E-state index contributed by atoms with van der Waals surface area (Å²) in [5.41, 5.74) is 2.51. The van der Waals surface area contributed by atoms with Crippen molar-refractivity contribution in [3.8, 4) is 16.9 Å². The van der Waals surface area contributed by atoms with Gasteiger partial charge in [0.1, 0.15) is 11.4 Å². The van der Waals surface area contributed by atoms with Gasteiger partial charge in [0.25, 0.3) is 0 Å². The molecule has 2 rings (SSSR count). The van der Waals surface area contributed by atoms with E-state index < -0.39 is 5.97 Å². The number of aromatic carboxylic acids is 1. The number of ether oxygens (including phenoxy) is 1. The summed E-state index contributed by atoms with van der Waals surface area (Å²) >= 11 is 0. The zero-order valence-corrected chi connectivity index (χ0v) is 10.2. The first-order valence-electron chi connectivity index (χ1n) is 5.46. The first kappa shape index (κ1) is 12.1. The molecule has 1 aromatic carbocycles. The molecule has 1 aromatic heterocycles. The third-order valence-corrected chi connectivity index (χ3v) is 2.60. The van der Waals surface area contributed by atoms with Crippen molar-refractivity contribution in [2.45, 2.75) is 6.92 Å². The summed E-state index contributed by atoms with van der Waals surface area (Å²) in [5.74, 6) is -0.253. The van der Waals surface area contributed by atoms with Gasteiger partial charge in [0.15, 0.2) is 0 Å². The lowest BCUT2D eigenvalue weighted by molar-refractivity contribution is 0.0690. The van der Waals surface area contributed by atoms with Crippen molar-refractivity contribution in [3.05, 3.63) is 47.8 Å². The molecule has 0 aliphatic heterocycles. The second-order valence-corrected chi connectivity index (χ2v) is 3.92. The van der Waals surface area contributed by atoms with E-state index >= 15 is 0 Å². The predicted octanol–water partition coefficient (Wildman–Crippen LogP) is 2.76. The molecule has 0 spiro atoms. The number of hydrogen-bond acceptors (Lipinski definition) is 3. The number of carbonyl (C=O) groups is 1. The highest BCUT2D eigenvalue weighted by Gasteiger charge is 2.08. The predicted molar refractivity (Wildman–Crippen MR) is 67.9 cm³/mol. The first-order valence-corrected chi connectivity index (χ1v) is 5.46. The van der Waals surface area contributed by atoms with Gasteiger partial charge < -0.3 is 9.84 Å². The van der Waals surface area contributed by atoms with E-state index in [1.54, 1.807) is 20.1 Å². The Kier molecular flexibility index (Phi) is 3.28. The first-order chi connectivity index (χ1) is 8.60. The molecule has 0 aliphatic carbocycles. The highest BCUT2D eigenvalue weighted by atomic mass is 16.5. The van der Waals surface area contributed by atoms with Crippen LogP contribution < -0.4 is 4.74 Å². The van der Waals surface area contributed by atoms with Gasteiger partial charge in [-0.2, -0.15) is 0 Å². The highest BCUT2D eigenvalue weighted by molar-refractivity contribution is 5.87. The Bertz CT molecular complexity index is 576. The number of rotatable bonds is 3. The molecule has 0 saturated heterocycles. The molecule has 18 heavy (non-hydrogen) atoms. The number of aromatic nitrogens is 1. The Morgan fingerprint density at radius 3 is 2.39 bits per heavy atom. The summed E-state index contributed by atoms with van der Waals surface area (Å²) in [6, 6.07) is 10.9. The Hall–Kier alpha value is -2.36. The van der Waals surface area contributed by atoms with Gasteiger partial charge in [-0.1, -0.05) is 12.1 Å². The van der Waals surface area contributed by atoms with Crippen LogP contribution in [0.25, 0.3) is 11.1 Å². The van der Waals surface area contributed by atoms with Crippen molar-refractivity contribution in [2.24, 2.45) is 0 Å². The smallest absolute Gasteiger partial charge is 0.354 e. The van der Waals surface area contributed by atoms with E-state index in [0.717, 1.165) is 16.9 Å². The molecule has 4 heteroatoms. The SMILES string of the molecule is COc1ccc(-c2cc(C)nc(C(=O)O)c2)cc1.